The lowest BCUT2D eigenvalue weighted by Gasteiger charge is -2.16. The third-order valence-corrected chi connectivity index (χ3v) is 4.40. The molecule has 0 radical (unpaired) electrons. The molecule has 1 atom stereocenters. The molecule has 0 fully saturated rings. The lowest BCUT2D eigenvalue weighted by Crippen LogP contribution is -2.21. The highest BCUT2D eigenvalue weighted by atomic mass is 32.2. The number of benzene rings is 1. The Hall–Kier alpha value is -1.46. The predicted molar refractivity (Wildman–Crippen MR) is 82.6 cm³/mol. The number of nitrogens with one attached hydrogen (secondary N) is 1. The van der Waals surface area contributed by atoms with Crippen LogP contribution < -0.4 is 5.32 Å². The molecule has 0 aliphatic rings. The van der Waals surface area contributed by atoms with Gasteiger partial charge in [-0.3, -0.25) is 4.98 Å². The molecule has 0 spiro atoms. The number of para-hydroxylation sites is 1. The summed E-state index contributed by atoms with van der Waals surface area (Å²) in [5.41, 5.74) is 3.00. The van der Waals surface area contributed by atoms with E-state index in [4.69, 9.17) is 0 Å². The van der Waals surface area contributed by atoms with Gasteiger partial charge in [0.05, 0.1) is 23.0 Å². The molecule has 5 heteroatoms. The fourth-order valence-corrected chi connectivity index (χ4v) is 2.99. The topological polar surface area (TPSA) is 59.1 Å². The van der Waals surface area contributed by atoms with Gasteiger partial charge in [-0.15, -0.1) is 0 Å². The van der Waals surface area contributed by atoms with E-state index in [1.165, 1.54) is 6.26 Å². The SMILES string of the molecule is CNC(CCS(C)(=O)=O)c1cc(C)c2ccccc2n1. The maximum Gasteiger partial charge on any atom is 0.147 e. The van der Waals surface area contributed by atoms with E-state index in [1.54, 1.807) is 0 Å². The van der Waals surface area contributed by atoms with Gasteiger partial charge in [0.2, 0.25) is 0 Å². The van der Waals surface area contributed by atoms with Crippen molar-refractivity contribution < 1.29 is 8.42 Å². The van der Waals surface area contributed by atoms with Crippen LogP contribution in [-0.4, -0.2) is 32.5 Å². The molecule has 1 unspecified atom stereocenters. The third kappa shape index (κ3) is 3.55. The van der Waals surface area contributed by atoms with Crippen molar-refractivity contribution in [3.63, 3.8) is 0 Å². The number of aromatic nitrogens is 1. The Kier molecular flexibility index (Phi) is 4.40. The maximum atomic E-state index is 11.3. The van der Waals surface area contributed by atoms with Crippen molar-refractivity contribution in [3.8, 4) is 0 Å². The molecule has 2 rings (SSSR count). The molecule has 1 aromatic heterocycles. The lowest BCUT2D eigenvalue weighted by molar-refractivity contribution is 0.550. The summed E-state index contributed by atoms with van der Waals surface area (Å²) in [5, 5.41) is 4.29. The highest BCUT2D eigenvalue weighted by Crippen LogP contribution is 2.22. The van der Waals surface area contributed by atoms with Crippen LogP contribution in [0.1, 0.15) is 23.7 Å². The first-order valence-corrected chi connectivity index (χ1v) is 8.68. The fraction of sp³-hybridized carbons (Fsp3) is 0.400. The van der Waals surface area contributed by atoms with Gasteiger partial charge in [-0.1, -0.05) is 18.2 Å². The molecule has 1 heterocycles. The Balaban J connectivity index is 2.35. The Morgan fingerprint density at radius 1 is 1.30 bits per heavy atom. The van der Waals surface area contributed by atoms with E-state index < -0.39 is 9.84 Å². The summed E-state index contributed by atoms with van der Waals surface area (Å²) < 4.78 is 22.6. The van der Waals surface area contributed by atoms with Crippen molar-refractivity contribution in [3.05, 3.63) is 41.6 Å². The van der Waals surface area contributed by atoms with Gasteiger partial charge in [0.1, 0.15) is 9.84 Å². The molecule has 1 aromatic carbocycles. The number of aryl methyl sites for hydroxylation is 1. The average molecular weight is 292 g/mol. The zero-order valence-corrected chi connectivity index (χ0v) is 12.9. The minimum absolute atomic E-state index is 0.0481. The lowest BCUT2D eigenvalue weighted by atomic mass is 10.0. The van der Waals surface area contributed by atoms with Crippen molar-refractivity contribution in [2.75, 3.05) is 19.1 Å². The summed E-state index contributed by atoms with van der Waals surface area (Å²) in [4.78, 5) is 4.65. The van der Waals surface area contributed by atoms with Crippen molar-refractivity contribution in [1.29, 1.82) is 0 Å². The van der Waals surface area contributed by atoms with Crippen LogP contribution in [0, 0.1) is 6.92 Å². The van der Waals surface area contributed by atoms with Crippen LogP contribution in [0.2, 0.25) is 0 Å². The van der Waals surface area contributed by atoms with Crippen LogP contribution in [0.3, 0.4) is 0 Å². The van der Waals surface area contributed by atoms with Crippen LogP contribution in [0.5, 0.6) is 0 Å². The number of sulfone groups is 1. The number of hydrogen-bond donors (Lipinski definition) is 1. The molecule has 20 heavy (non-hydrogen) atoms. The van der Waals surface area contributed by atoms with Gasteiger partial charge >= 0.3 is 0 Å². The van der Waals surface area contributed by atoms with Gasteiger partial charge < -0.3 is 5.32 Å². The molecule has 0 saturated heterocycles. The monoisotopic (exact) mass is 292 g/mol. The summed E-state index contributed by atoms with van der Waals surface area (Å²) >= 11 is 0. The van der Waals surface area contributed by atoms with E-state index >= 15 is 0 Å². The molecular weight excluding hydrogens is 272 g/mol. The van der Waals surface area contributed by atoms with E-state index in [2.05, 4.69) is 17.2 Å². The summed E-state index contributed by atoms with van der Waals surface area (Å²) in [5.74, 6) is 0.159. The number of fused-ring (bicyclic) bond motifs is 1. The third-order valence-electron chi connectivity index (χ3n) is 3.43. The minimum atomic E-state index is -2.96. The predicted octanol–water partition coefficient (Wildman–Crippen LogP) is 2.24. The van der Waals surface area contributed by atoms with Crippen molar-refractivity contribution >= 4 is 20.7 Å². The molecule has 0 amide bonds. The highest BCUT2D eigenvalue weighted by Gasteiger charge is 2.15. The van der Waals surface area contributed by atoms with Gasteiger partial charge in [-0.25, -0.2) is 8.42 Å². The van der Waals surface area contributed by atoms with E-state index in [9.17, 15) is 8.42 Å². The van der Waals surface area contributed by atoms with E-state index in [-0.39, 0.29) is 11.8 Å². The minimum Gasteiger partial charge on any atom is -0.312 e. The first-order valence-electron chi connectivity index (χ1n) is 6.62. The number of rotatable bonds is 5. The quantitative estimate of drug-likeness (QED) is 0.918. The average Bonchev–Trinajstić information content (AvgIpc) is 2.38. The normalized spacial score (nSPS) is 13.6. The Morgan fingerprint density at radius 3 is 2.65 bits per heavy atom. The molecule has 1 N–H and O–H groups in total. The molecule has 108 valence electrons. The van der Waals surface area contributed by atoms with Crippen molar-refractivity contribution in [1.82, 2.24) is 10.3 Å². The van der Waals surface area contributed by atoms with Crippen LogP contribution >= 0.6 is 0 Å². The van der Waals surface area contributed by atoms with Gasteiger partial charge in [-0.2, -0.15) is 0 Å². The summed E-state index contributed by atoms with van der Waals surface area (Å²) in [6.45, 7) is 2.05. The zero-order chi connectivity index (χ0) is 14.8. The summed E-state index contributed by atoms with van der Waals surface area (Å²) in [6.07, 6.45) is 1.79. The fourth-order valence-electron chi connectivity index (χ4n) is 2.33. The van der Waals surface area contributed by atoms with Gasteiger partial charge in [-0.05, 0) is 38.1 Å². The maximum absolute atomic E-state index is 11.3. The van der Waals surface area contributed by atoms with Gasteiger partial charge in [0.15, 0.2) is 0 Å². The molecule has 2 aromatic rings. The molecule has 0 saturated carbocycles. The smallest absolute Gasteiger partial charge is 0.147 e. The first-order chi connectivity index (χ1) is 9.40. The first kappa shape index (κ1) is 14.9. The molecule has 4 nitrogen and oxygen atoms in total. The Bertz CT molecular complexity index is 711. The van der Waals surface area contributed by atoms with Crippen LogP contribution in [0.4, 0.5) is 0 Å². The van der Waals surface area contributed by atoms with Crippen LogP contribution in [0.25, 0.3) is 10.9 Å². The summed E-state index contributed by atoms with van der Waals surface area (Å²) in [7, 11) is -1.13. The van der Waals surface area contributed by atoms with Gasteiger partial charge in [0.25, 0.3) is 0 Å². The highest BCUT2D eigenvalue weighted by molar-refractivity contribution is 7.90. The van der Waals surface area contributed by atoms with Crippen LogP contribution in [-0.2, 0) is 9.84 Å². The van der Waals surface area contributed by atoms with E-state index in [0.717, 1.165) is 22.2 Å². The number of hydrogen-bond acceptors (Lipinski definition) is 4. The standard InChI is InChI=1S/C15H20N2O2S/c1-11-10-15(14(16-2)8-9-20(3,18)19)17-13-7-5-4-6-12(11)13/h4-7,10,14,16H,8-9H2,1-3H3. The molecular formula is C15H20N2O2S. The second-order valence-corrected chi connectivity index (χ2v) is 7.40. The summed E-state index contributed by atoms with van der Waals surface area (Å²) in [6, 6.07) is 9.97. The van der Waals surface area contributed by atoms with E-state index in [1.807, 2.05) is 37.4 Å². The van der Waals surface area contributed by atoms with Crippen LogP contribution in [0.15, 0.2) is 30.3 Å². The van der Waals surface area contributed by atoms with Crippen molar-refractivity contribution in [2.24, 2.45) is 0 Å². The molecule has 0 aliphatic carbocycles. The number of pyridine rings is 1. The van der Waals surface area contributed by atoms with Gasteiger partial charge in [0, 0.05) is 11.6 Å². The number of nitrogens with zero attached hydrogens (tertiary/aromatic N) is 1. The van der Waals surface area contributed by atoms with E-state index in [0.29, 0.717) is 6.42 Å². The second kappa shape index (κ2) is 5.89. The molecule has 0 aliphatic heterocycles. The molecule has 0 bridgehead atoms. The largest absolute Gasteiger partial charge is 0.312 e. The van der Waals surface area contributed by atoms with Crippen molar-refractivity contribution in [2.45, 2.75) is 19.4 Å². The zero-order valence-electron chi connectivity index (χ0n) is 12.1. The Morgan fingerprint density at radius 2 is 2.00 bits per heavy atom. The second-order valence-electron chi connectivity index (χ2n) is 5.14. The Labute approximate surface area is 120 Å².